The predicted octanol–water partition coefficient (Wildman–Crippen LogP) is 3.38. The van der Waals surface area contributed by atoms with E-state index in [9.17, 15) is 4.39 Å². The standard InChI is InChI=1S/C15H19FN2O/c1-10-6-15(13(11(2)17)7-14(10)16)18(3)8-12-4-5-19-9-12/h4-7,9,11H,8,17H2,1-3H3. The fourth-order valence-electron chi connectivity index (χ4n) is 2.12. The average Bonchev–Trinajstić information content (AvgIpc) is 2.84. The summed E-state index contributed by atoms with van der Waals surface area (Å²) in [4.78, 5) is 2.05. The molecule has 3 nitrogen and oxygen atoms in total. The van der Waals surface area contributed by atoms with Gasteiger partial charge in [-0.15, -0.1) is 0 Å². The third-order valence-corrected chi connectivity index (χ3v) is 3.21. The van der Waals surface area contributed by atoms with Crippen molar-refractivity contribution >= 4 is 5.69 Å². The van der Waals surface area contributed by atoms with Crippen LogP contribution in [0.25, 0.3) is 0 Å². The van der Waals surface area contributed by atoms with E-state index < -0.39 is 0 Å². The lowest BCUT2D eigenvalue weighted by atomic mass is 10.0. The van der Waals surface area contributed by atoms with Crippen molar-refractivity contribution in [3.63, 3.8) is 0 Å². The van der Waals surface area contributed by atoms with Gasteiger partial charge in [0.05, 0.1) is 12.5 Å². The fourth-order valence-corrected chi connectivity index (χ4v) is 2.12. The molecule has 0 saturated heterocycles. The SMILES string of the molecule is Cc1cc(N(C)Cc2ccoc2)c(C(C)N)cc1F. The van der Waals surface area contributed by atoms with Crippen molar-refractivity contribution in [3.05, 3.63) is 53.2 Å². The maximum Gasteiger partial charge on any atom is 0.126 e. The fraction of sp³-hybridized carbons (Fsp3) is 0.333. The Balaban J connectivity index is 2.34. The van der Waals surface area contributed by atoms with E-state index in [1.165, 1.54) is 6.07 Å². The van der Waals surface area contributed by atoms with Gasteiger partial charge in [-0.3, -0.25) is 0 Å². The molecular weight excluding hydrogens is 243 g/mol. The first-order valence-corrected chi connectivity index (χ1v) is 6.27. The van der Waals surface area contributed by atoms with Crippen molar-refractivity contribution in [2.24, 2.45) is 5.73 Å². The quantitative estimate of drug-likeness (QED) is 0.918. The molecule has 2 aromatic rings. The van der Waals surface area contributed by atoms with Crippen molar-refractivity contribution in [2.75, 3.05) is 11.9 Å². The van der Waals surface area contributed by atoms with E-state index in [4.69, 9.17) is 10.2 Å². The number of nitrogens with two attached hydrogens (primary N) is 1. The smallest absolute Gasteiger partial charge is 0.126 e. The molecule has 1 aromatic carbocycles. The van der Waals surface area contributed by atoms with Crippen LogP contribution in [0.5, 0.6) is 0 Å². The first-order valence-electron chi connectivity index (χ1n) is 6.27. The van der Waals surface area contributed by atoms with E-state index >= 15 is 0 Å². The summed E-state index contributed by atoms with van der Waals surface area (Å²) in [7, 11) is 1.96. The Labute approximate surface area is 112 Å². The number of rotatable bonds is 4. The molecule has 0 fully saturated rings. The Bertz CT molecular complexity index is 550. The van der Waals surface area contributed by atoms with Gasteiger partial charge in [0.2, 0.25) is 0 Å². The molecule has 0 spiro atoms. The van der Waals surface area contributed by atoms with Gasteiger partial charge >= 0.3 is 0 Å². The predicted molar refractivity (Wildman–Crippen MR) is 74.6 cm³/mol. The number of hydrogen-bond donors (Lipinski definition) is 1. The van der Waals surface area contributed by atoms with Gasteiger partial charge < -0.3 is 15.1 Å². The minimum absolute atomic E-state index is 0.211. The summed E-state index contributed by atoms with van der Waals surface area (Å²) in [5.41, 5.74) is 9.39. The van der Waals surface area contributed by atoms with Gasteiger partial charge in [-0.2, -0.15) is 0 Å². The number of furan rings is 1. The van der Waals surface area contributed by atoms with Gasteiger partial charge in [0, 0.05) is 30.9 Å². The highest BCUT2D eigenvalue weighted by Gasteiger charge is 2.14. The molecule has 0 aliphatic carbocycles. The van der Waals surface area contributed by atoms with Crippen LogP contribution in [-0.4, -0.2) is 7.05 Å². The third kappa shape index (κ3) is 2.96. The molecule has 2 rings (SSSR count). The highest BCUT2D eigenvalue weighted by atomic mass is 19.1. The number of hydrogen-bond acceptors (Lipinski definition) is 3. The highest BCUT2D eigenvalue weighted by molar-refractivity contribution is 5.56. The highest BCUT2D eigenvalue weighted by Crippen LogP contribution is 2.28. The Hall–Kier alpha value is -1.81. The molecule has 0 amide bonds. The van der Waals surface area contributed by atoms with Crippen LogP contribution < -0.4 is 10.6 Å². The minimum Gasteiger partial charge on any atom is -0.472 e. The van der Waals surface area contributed by atoms with Crippen LogP contribution in [0.15, 0.2) is 35.1 Å². The van der Waals surface area contributed by atoms with Gasteiger partial charge in [0.1, 0.15) is 5.82 Å². The van der Waals surface area contributed by atoms with Gasteiger partial charge in [-0.25, -0.2) is 4.39 Å². The number of halogens is 1. The molecule has 1 aromatic heterocycles. The average molecular weight is 262 g/mol. The maximum atomic E-state index is 13.7. The summed E-state index contributed by atoms with van der Waals surface area (Å²) in [6.45, 7) is 4.32. The Morgan fingerprint density at radius 3 is 2.74 bits per heavy atom. The number of benzene rings is 1. The van der Waals surface area contributed by atoms with Crippen molar-refractivity contribution in [1.82, 2.24) is 0 Å². The van der Waals surface area contributed by atoms with Crippen LogP contribution in [0.4, 0.5) is 10.1 Å². The van der Waals surface area contributed by atoms with Gasteiger partial charge in [0.25, 0.3) is 0 Å². The van der Waals surface area contributed by atoms with Crippen LogP contribution in [-0.2, 0) is 6.54 Å². The summed E-state index contributed by atoms with van der Waals surface area (Å²) in [5, 5.41) is 0. The van der Waals surface area contributed by atoms with Crippen LogP contribution >= 0.6 is 0 Å². The summed E-state index contributed by atoms with van der Waals surface area (Å²) in [5.74, 6) is -0.215. The molecule has 102 valence electrons. The summed E-state index contributed by atoms with van der Waals surface area (Å²) in [6, 6.07) is 5.07. The number of nitrogens with zero attached hydrogens (tertiary/aromatic N) is 1. The zero-order valence-corrected chi connectivity index (χ0v) is 11.5. The molecule has 0 bridgehead atoms. The molecule has 2 N–H and O–H groups in total. The van der Waals surface area contributed by atoms with Crippen LogP contribution in [0.2, 0.25) is 0 Å². The van der Waals surface area contributed by atoms with Crippen molar-refractivity contribution in [1.29, 1.82) is 0 Å². The van der Waals surface area contributed by atoms with Crippen molar-refractivity contribution in [3.8, 4) is 0 Å². The topological polar surface area (TPSA) is 42.4 Å². The first kappa shape index (κ1) is 13.6. The van der Waals surface area contributed by atoms with Crippen LogP contribution in [0.3, 0.4) is 0 Å². The molecule has 1 heterocycles. The lowest BCUT2D eigenvalue weighted by Crippen LogP contribution is -2.20. The van der Waals surface area contributed by atoms with Crippen LogP contribution in [0, 0.1) is 12.7 Å². The van der Waals surface area contributed by atoms with Gasteiger partial charge in [-0.1, -0.05) is 0 Å². The zero-order valence-electron chi connectivity index (χ0n) is 11.5. The van der Waals surface area contributed by atoms with E-state index in [0.717, 1.165) is 16.8 Å². The Morgan fingerprint density at radius 1 is 1.42 bits per heavy atom. The molecule has 1 unspecified atom stereocenters. The molecule has 0 aliphatic rings. The summed E-state index contributed by atoms with van der Waals surface area (Å²) >= 11 is 0. The molecule has 4 heteroatoms. The first-order chi connectivity index (χ1) is 8.99. The second kappa shape index (κ2) is 5.45. The van der Waals surface area contributed by atoms with Gasteiger partial charge in [-0.05, 0) is 43.2 Å². The molecule has 0 aliphatic heterocycles. The van der Waals surface area contributed by atoms with E-state index in [1.807, 2.05) is 26.1 Å². The van der Waals surface area contributed by atoms with E-state index in [1.54, 1.807) is 19.5 Å². The van der Waals surface area contributed by atoms with E-state index in [2.05, 4.69) is 4.90 Å². The molecule has 0 radical (unpaired) electrons. The van der Waals surface area contributed by atoms with E-state index in [-0.39, 0.29) is 11.9 Å². The van der Waals surface area contributed by atoms with Gasteiger partial charge in [0.15, 0.2) is 0 Å². The lowest BCUT2D eigenvalue weighted by molar-refractivity contribution is 0.563. The van der Waals surface area contributed by atoms with Crippen LogP contribution in [0.1, 0.15) is 29.7 Å². The molecular formula is C15H19FN2O. The molecule has 1 atom stereocenters. The Morgan fingerprint density at radius 2 is 2.16 bits per heavy atom. The minimum atomic E-state index is -0.215. The maximum absolute atomic E-state index is 13.7. The summed E-state index contributed by atoms with van der Waals surface area (Å²) < 4.78 is 18.7. The molecule has 0 saturated carbocycles. The molecule has 19 heavy (non-hydrogen) atoms. The number of aryl methyl sites for hydroxylation is 1. The summed E-state index contributed by atoms with van der Waals surface area (Å²) in [6.07, 6.45) is 3.35. The van der Waals surface area contributed by atoms with Crippen molar-refractivity contribution < 1.29 is 8.81 Å². The second-order valence-electron chi connectivity index (χ2n) is 4.94. The second-order valence-corrected chi connectivity index (χ2v) is 4.94. The monoisotopic (exact) mass is 262 g/mol. The Kier molecular flexibility index (Phi) is 3.90. The largest absolute Gasteiger partial charge is 0.472 e. The normalized spacial score (nSPS) is 12.5. The van der Waals surface area contributed by atoms with E-state index in [0.29, 0.717) is 12.1 Å². The lowest BCUT2D eigenvalue weighted by Gasteiger charge is -2.24. The zero-order chi connectivity index (χ0) is 14.0. The van der Waals surface area contributed by atoms with Crippen molar-refractivity contribution in [2.45, 2.75) is 26.4 Å². The number of anilines is 1. The third-order valence-electron chi connectivity index (χ3n) is 3.21.